The largest absolute Gasteiger partial charge is 0.478 e. The number of rotatable bonds is 3. The zero-order chi connectivity index (χ0) is 14.2. The molecule has 7 heteroatoms. The molecule has 0 amide bonds. The third kappa shape index (κ3) is 2.54. The van der Waals surface area contributed by atoms with Crippen LogP contribution in [0.15, 0.2) is 18.3 Å². The van der Waals surface area contributed by atoms with Gasteiger partial charge in [-0.2, -0.15) is 5.10 Å². The summed E-state index contributed by atoms with van der Waals surface area (Å²) in [6.07, 6.45) is 1.57. The van der Waals surface area contributed by atoms with Crippen molar-refractivity contribution in [2.45, 2.75) is 6.92 Å². The number of halogens is 2. The molecule has 5 nitrogen and oxygen atoms in total. The van der Waals surface area contributed by atoms with Crippen molar-refractivity contribution < 1.29 is 18.7 Å². The van der Waals surface area contributed by atoms with Gasteiger partial charge >= 0.3 is 5.97 Å². The number of carboxylic acid groups (broad SMARTS) is 1. The van der Waals surface area contributed by atoms with Crippen molar-refractivity contribution in [3.05, 3.63) is 41.2 Å². The van der Waals surface area contributed by atoms with Crippen LogP contribution in [0.5, 0.6) is 0 Å². The van der Waals surface area contributed by atoms with Crippen LogP contribution >= 0.6 is 0 Å². The number of nitrogens with zero attached hydrogens (tertiary/aromatic N) is 2. The molecule has 0 fully saturated rings. The minimum absolute atomic E-state index is 0.402. The lowest BCUT2D eigenvalue weighted by molar-refractivity contribution is 0.0696. The molecule has 0 aliphatic rings. The van der Waals surface area contributed by atoms with Crippen molar-refractivity contribution in [1.82, 2.24) is 9.78 Å². The summed E-state index contributed by atoms with van der Waals surface area (Å²) < 4.78 is 28.9. The number of aryl methyl sites for hydroxylation is 2. The first-order chi connectivity index (χ1) is 8.88. The van der Waals surface area contributed by atoms with Gasteiger partial charge in [-0.25, -0.2) is 13.6 Å². The van der Waals surface area contributed by atoms with Crippen LogP contribution in [0.3, 0.4) is 0 Å². The third-order valence-electron chi connectivity index (χ3n) is 2.56. The van der Waals surface area contributed by atoms with Crippen LogP contribution in [-0.2, 0) is 7.05 Å². The van der Waals surface area contributed by atoms with E-state index in [1.807, 2.05) is 0 Å². The molecule has 1 aromatic heterocycles. The molecule has 0 radical (unpaired) electrons. The lowest BCUT2D eigenvalue weighted by Crippen LogP contribution is -2.03. The van der Waals surface area contributed by atoms with Gasteiger partial charge in [-0.15, -0.1) is 0 Å². The fourth-order valence-electron chi connectivity index (χ4n) is 1.67. The van der Waals surface area contributed by atoms with E-state index in [2.05, 4.69) is 10.4 Å². The molecule has 19 heavy (non-hydrogen) atoms. The van der Waals surface area contributed by atoms with E-state index >= 15 is 0 Å². The zero-order valence-corrected chi connectivity index (χ0v) is 10.2. The summed E-state index contributed by atoms with van der Waals surface area (Å²) in [5.41, 5.74) is 0.177. The summed E-state index contributed by atoms with van der Waals surface area (Å²) in [5.74, 6) is -3.33. The fraction of sp³-hybridized carbons (Fsp3) is 0.167. The molecule has 0 saturated heterocycles. The summed E-state index contributed by atoms with van der Waals surface area (Å²) in [4.78, 5) is 10.7. The number of aromatic nitrogens is 2. The first kappa shape index (κ1) is 13.0. The van der Waals surface area contributed by atoms with Gasteiger partial charge < -0.3 is 10.4 Å². The molecule has 0 spiro atoms. The first-order valence-corrected chi connectivity index (χ1v) is 5.38. The molecule has 0 bridgehead atoms. The maximum Gasteiger partial charge on any atom is 0.335 e. The summed E-state index contributed by atoms with van der Waals surface area (Å²) >= 11 is 0. The van der Waals surface area contributed by atoms with Gasteiger partial charge in [0.25, 0.3) is 0 Å². The van der Waals surface area contributed by atoms with Gasteiger partial charge in [-0.05, 0) is 19.1 Å². The predicted octanol–water partition coefficient (Wildman–Crippen LogP) is 2.45. The molecule has 100 valence electrons. The topological polar surface area (TPSA) is 67.2 Å². The number of aromatic carboxylic acids is 1. The third-order valence-corrected chi connectivity index (χ3v) is 2.56. The highest BCUT2D eigenvalue weighted by Gasteiger charge is 2.16. The second-order valence-electron chi connectivity index (χ2n) is 4.05. The number of carboxylic acids is 1. The fourth-order valence-corrected chi connectivity index (χ4v) is 1.67. The van der Waals surface area contributed by atoms with Gasteiger partial charge in [0.2, 0.25) is 0 Å². The Morgan fingerprint density at radius 1 is 1.37 bits per heavy atom. The standard InChI is InChI=1S/C12H11F2N3O2/c1-6-10(5-17(2)16-6)15-11-8(13)3-7(12(18)19)4-9(11)14/h3-5,15H,1-2H3,(H,18,19). The Labute approximate surface area is 107 Å². The molecule has 2 aromatic rings. The molecule has 0 saturated carbocycles. The van der Waals surface area contributed by atoms with Crippen LogP contribution in [0.4, 0.5) is 20.2 Å². The second kappa shape index (κ2) is 4.68. The minimum Gasteiger partial charge on any atom is -0.478 e. The average Bonchev–Trinajstić information content (AvgIpc) is 2.62. The van der Waals surface area contributed by atoms with Crippen LogP contribution in [0.1, 0.15) is 16.1 Å². The average molecular weight is 267 g/mol. The molecule has 2 rings (SSSR count). The quantitative estimate of drug-likeness (QED) is 0.896. The van der Waals surface area contributed by atoms with E-state index < -0.39 is 28.9 Å². The van der Waals surface area contributed by atoms with E-state index in [0.29, 0.717) is 11.4 Å². The van der Waals surface area contributed by atoms with E-state index in [1.54, 1.807) is 20.2 Å². The molecule has 0 aliphatic heterocycles. The van der Waals surface area contributed by atoms with Crippen LogP contribution in [0.25, 0.3) is 0 Å². The molecule has 1 aromatic carbocycles. The van der Waals surface area contributed by atoms with Crippen LogP contribution in [0.2, 0.25) is 0 Å². The van der Waals surface area contributed by atoms with Crippen molar-refractivity contribution in [2.24, 2.45) is 7.05 Å². The number of hydrogen-bond acceptors (Lipinski definition) is 3. The Hall–Kier alpha value is -2.44. The maximum atomic E-state index is 13.7. The summed E-state index contributed by atoms with van der Waals surface area (Å²) in [7, 11) is 1.68. The van der Waals surface area contributed by atoms with Crippen molar-refractivity contribution in [1.29, 1.82) is 0 Å². The highest BCUT2D eigenvalue weighted by molar-refractivity contribution is 5.88. The molecule has 0 aliphatic carbocycles. The lowest BCUT2D eigenvalue weighted by Gasteiger charge is -2.08. The van der Waals surface area contributed by atoms with Crippen molar-refractivity contribution >= 4 is 17.3 Å². The molecule has 1 heterocycles. The Balaban J connectivity index is 2.41. The monoisotopic (exact) mass is 267 g/mol. The van der Waals surface area contributed by atoms with E-state index in [9.17, 15) is 13.6 Å². The molecular formula is C12H11F2N3O2. The summed E-state index contributed by atoms with van der Waals surface area (Å²) in [6.45, 7) is 1.68. The van der Waals surface area contributed by atoms with E-state index in [0.717, 1.165) is 12.1 Å². The highest BCUT2D eigenvalue weighted by Crippen LogP contribution is 2.26. The van der Waals surface area contributed by atoms with Crippen molar-refractivity contribution in [3.63, 3.8) is 0 Å². The molecular weight excluding hydrogens is 256 g/mol. The Morgan fingerprint density at radius 2 is 1.95 bits per heavy atom. The number of nitrogens with one attached hydrogen (secondary N) is 1. The van der Waals surface area contributed by atoms with Gasteiger partial charge in [0.1, 0.15) is 5.69 Å². The van der Waals surface area contributed by atoms with Crippen LogP contribution in [0, 0.1) is 18.6 Å². The Morgan fingerprint density at radius 3 is 2.37 bits per heavy atom. The normalized spacial score (nSPS) is 10.5. The first-order valence-electron chi connectivity index (χ1n) is 5.38. The minimum atomic E-state index is -1.39. The lowest BCUT2D eigenvalue weighted by atomic mass is 10.2. The van der Waals surface area contributed by atoms with Gasteiger partial charge in [0.15, 0.2) is 11.6 Å². The second-order valence-corrected chi connectivity index (χ2v) is 4.05. The highest BCUT2D eigenvalue weighted by atomic mass is 19.1. The van der Waals surface area contributed by atoms with Crippen molar-refractivity contribution in [2.75, 3.05) is 5.32 Å². The summed E-state index contributed by atoms with van der Waals surface area (Å²) in [6, 6.07) is 1.53. The van der Waals surface area contributed by atoms with Gasteiger partial charge in [0, 0.05) is 13.2 Å². The van der Waals surface area contributed by atoms with E-state index in [1.165, 1.54) is 4.68 Å². The number of carbonyl (C=O) groups is 1. The Kier molecular flexibility index (Phi) is 3.20. The number of anilines is 2. The molecule has 2 N–H and O–H groups in total. The van der Waals surface area contributed by atoms with E-state index in [-0.39, 0.29) is 0 Å². The predicted molar refractivity (Wildman–Crippen MR) is 64.5 cm³/mol. The Bertz CT molecular complexity index is 629. The van der Waals surface area contributed by atoms with E-state index in [4.69, 9.17) is 5.11 Å². The van der Waals surface area contributed by atoms with Gasteiger partial charge in [-0.1, -0.05) is 0 Å². The van der Waals surface area contributed by atoms with Crippen LogP contribution < -0.4 is 5.32 Å². The van der Waals surface area contributed by atoms with Gasteiger partial charge in [-0.3, -0.25) is 4.68 Å². The number of benzene rings is 1. The summed E-state index contributed by atoms with van der Waals surface area (Å²) in [5, 5.41) is 15.3. The van der Waals surface area contributed by atoms with Crippen LogP contribution in [-0.4, -0.2) is 20.9 Å². The smallest absolute Gasteiger partial charge is 0.335 e. The SMILES string of the molecule is Cc1nn(C)cc1Nc1c(F)cc(C(=O)O)cc1F. The molecule has 0 unspecified atom stereocenters. The van der Waals surface area contributed by atoms with Crippen molar-refractivity contribution in [3.8, 4) is 0 Å². The zero-order valence-electron chi connectivity index (χ0n) is 10.2. The molecule has 0 atom stereocenters. The maximum absolute atomic E-state index is 13.7. The van der Waals surface area contributed by atoms with Gasteiger partial charge in [0.05, 0.1) is 16.9 Å². The number of hydrogen-bond donors (Lipinski definition) is 2.